The Kier molecular flexibility index (Phi) is 5.79. The third-order valence-electron chi connectivity index (χ3n) is 5.03. The molecule has 0 aromatic heterocycles. The predicted molar refractivity (Wildman–Crippen MR) is 96.2 cm³/mol. The van der Waals surface area contributed by atoms with Crippen molar-refractivity contribution in [3.63, 3.8) is 0 Å². The molecule has 142 valence electrons. The number of hydrogen-bond donors (Lipinski definition) is 0. The van der Waals surface area contributed by atoms with E-state index in [1.807, 2.05) is 4.90 Å². The summed E-state index contributed by atoms with van der Waals surface area (Å²) in [6, 6.07) is 6.39. The molecule has 2 aliphatic heterocycles. The molecule has 1 aromatic carbocycles. The van der Waals surface area contributed by atoms with Gasteiger partial charge in [-0.15, -0.1) is 0 Å². The van der Waals surface area contributed by atoms with E-state index < -0.39 is 0 Å². The van der Waals surface area contributed by atoms with E-state index in [0.717, 1.165) is 0 Å². The third-order valence-corrected chi connectivity index (χ3v) is 5.03. The van der Waals surface area contributed by atoms with Crippen molar-refractivity contribution in [3.05, 3.63) is 30.1 Å². The van der Waals surface area contributed by atoms with Crippen LogP contribution in [-0.2, 0) is 9.59 Å². The van der Waals surface area contributed by atoms with Crippen molar-refractivity contribution in [1.29, 1.82) is 0 Å². The number of likely N-dealkylation sites (tertiary alicyclic amines) is 2. The van der Waals surface area contributed by atoms with Gasteiger partial charge < -0.3 is 14.5 Å². The van der Waals surface area contributed by atoms with Crippen LogP contribution in [0, 0.1) is 17.7 Å². The number of halogens is 1. The van der Waals surface area contributed by atoms with Crippen LogP contribution in [0.4, 0.5) is 4.39 Å². The number of hydrogen-bond acceptors (Lipinski definition) is 3. The largest absolute Gasteiger partial charge is 0.487 e. The number of ether oxygens (including phenoxy) is 1. The Morgan fingerprint density at radius 3 is 2.62 bits per heavy atom. The smallest absolute Gasteiger partial charge is 0.227 e. The van der Waals surface area contributed by atoms with E-state index in [2.05, 4.69) is 13.8 Å². The number of para-hydroxylation sites is 1. The Morgan fingerprint density at radius 2 is 1.96 bits per heavy atom. The van der Waals surface area contributed by atoms with E-state index in [-0.39, 0.29) is 35.4 Å². The second-order valence-corrected chi connectivity index (χ2v) is 7.67. The molecule has 2 heterocycles. The van der Waals surface area contributed by atoms with Gasteiger partial charge in [0.15, 0.2) is 11.6 Å². The minimum absolute atomic E-state index is 0.0638. The number of nitrogens with zero attached hydrogens (tertiary/aromatic N) is 2. The summed E-state index contributed by atoms with van der Waals surface area (Å²) in [7, 11) is 0. The lowest BCUT2D eigenvalue weighted by molar-refractivity contribution is -0.137. The van der Waals surface area contributed by atoms with Crippen molar-refractivity contribution in [2.45, 2.75) is 39.2 Å². The Balaban J connectivity index is 1.49. The van der Waals surface area contributed by atoms with Crippen LogP contribution in [0.15, 0.2) is 24.3 Å². The summed E-state index contributed by atoms with van der Waals surface area (Å²) in [5.41, 5.74) is 0. The van der Waals surface area contributed by atoms with Crippen LogP contribution in [0.25, 0.3) is 0 Å². The lowest BCUT2D eigenvalue weighted by Crippen LogP contribution is -2.45. The molecule has 0 spiro atoms. The summed E-state index contributed by atoms with van der Waals surface area (Å²) < 4.78 is 19.4. The summed E-state index contributed by atoms with van der Waals surface area (Å²) in [5.74, 6) is 0.219. The number of piperidine rings is 1. The summed E-state index contributed by atoms with van der Waals surface area (Å²) in [6.07, 6.45) is 1.59. The fourth-order valence-corrected chi connectivity index (χ4v) is 3.73. The summed E-state index contributed by atoms with van der Waals surface area (Å²) in [5, 5.41) is 0. The minimum Gasteiger partial charge on any atom is -0.487 e. The zero-order valence-electron chi connectivity index (χ0n) is 15.5. The standard InChI is InChI=1S/C20H27FN2O3/c1-14(2)12-23-13-15(11-19(23)24)20(25)22-9-7-16(8-10-22)26-18-6-4-3-5-17(18)21/h3-6,14-16H,7-13H2,1-2H3. The first-order valence-corrected chi connectivity index (χ1v) is 9.41. The second kappa shape index (κ2) is 8.06. The summed E-state index contributed by atoms with van der Waals surface area (Å²) >= 11 is 0. The highest BCUT2D eigenvalue weighted by Gasteiger charge is 2.37. The molecule has 0 aliphatic carbocycles. The summed E-state index contributed by atoms with van der Waals surface area (Å²) in [4.78, 5) is 28.5. The average molecular weight is 362 g/mol. The van der Waals surface area contributed by atoms with Crippen LogP contribution >= 0.6 is 0 Å². The van der Waals surface area contributed by atoms with Gasteiger partial charge in [0.1, 0.15) is 6.10 Å². The number of rotatable bonds is 5. The molecule has 0 saturated carbocycles. The Labute approximate surface area is 154 Å². The van der Waals surface area contributed by atoms with Crippen molar-refractivity contribution >= 4 is 11.8 Å². The topological polar surface area (TPSA) is 49.9 Å². The first-order valence-electron chi connectivity index (χ1n) is 9.41. The average Bonchev–Trinajstić information content (AvgIpc) is 2.97. The zero-order valence-corrected chi connectivity index (χ0v) is 15.5. The maximum atomic E-state index is 13.7. The zero-order chi connectivity index (χ0) is 18.7. The molecule has 2 aliphatic rings. The number of benzene rings is 1. The molecule has 26 heavy (non-hydrogen) atoms. The fraction of sp³-hybridized carbons (Fsp3) is 0.600. The highest BCUT2D eigenvalue weighted by molar-refractivity contribution is 5.89. The quantitative estimate of drug-likeness (QED) is 0.809. The number of carbonyl (C=O) groups is 2. The van der Waals surface area contributed by atoms with Gasteiger partial charge in [0.25, 0.3) is 0 Å². The van der Waals surface area contributed by atoms with E-state index in [1.54, 1.807) is 23.1 Å². The van der Waals surface area contributed by atoms with Gasteiger partial charge in [-0.1, -0.05) is 26.0 Å². The first-order chi connectivity index (χ1) is 12.4. The van der Waals surface area contributed by atoms with Gasteiger partial charge in [0, 0.05) is 45.4 Å². The van der Waals surface area contributed by atoms with Crippen LogP contribution in [0.1, 0.15) is 33.1 Å². The molecule has 1 atom stereocenters. The first kappa shape index (κ1) is 18.7. The van der Waals surface area contributed by atoms with Gasteiger partial charge in [0.05, 0.1) is 5.92 Å². The minimum atomic E-state index is -0.360. The molecule has 0 bridgehead atoms. The molecule has 1 unspecified atom stereocenters. The molecule has 3 rings (SSSR count). The van der Waals surface area contributed by atoms with E-state index in [1.165, 1.54) is 6.07 Å². The highest BCUT2D eigenvalue weighted by atomic mass is 19.1. The van der Waals surface area contributed by atoms with Crippen molar-refractivity contribution in [2.24, 2.45) is 11.8 Å². The van der Waals surface area contributed by atoms with Crippen LogP contribution in [-0.4, -0.2) is 53.9 Å². The Bertz CT molecular complexity index is 656. The van der Waals surface area contributed by atoms with Crippen molar-refractivity contribution in [2.75, 3.05) is 26.2 Å². The van der Waals surface area contributed by atoms with Crippen molar-refractivity contribution in [1.82, 2.24) is 9.80 Å². The van der Waals surface area contributed by atoms with Gasteiger partial charge in [-0.2, -0.15) is 0 Å². The monoisotopic (exact) mass is 362 g/mol. The molecular weight excluding hydrogens is 335 g/mol. The predicted octanol–water partition coefficient (Wildman–Crippen LogP) is 2.70. The van der Waals surface area contributed by atoms with Gasteiger partial charge in [-0.3, -0.25) is 9.59 Å². The second-order valence-electron chi connectivity index (χ2n) is 7.67. The Hall–Kier alpha value is -2.11. The van der Waals surface area contributed by atoms with Gasteiger partial charge in [-0.25, -0.2) is 4.39 Å². The lowest BCUT2D eigenvalue weighted by Gasteiger charge is -2.33. The highest BCUT2D eigenvalue weighted by Crippen LogP contribution is 2.25. The van der Waals surface area contributed by atoms with Gasteiger partial charge >= 0.3 is 0 Å². The van der Waals surface area contributed by atoms with E-state index >= 15 is 0 Å². The molecule has 5 nitrogen and oxygen atoms in total. The fourth-order valence-electron chi connectivity index (χ4n) is 3.73. The van der Waals surface area contributed by atoms with Crippen molar-refractivity contribution < 1.29 is 18.7 Å². The van der Waals surface area contributed by atoms with Gasteiger partial charge in [-0.05, 0) is 18.1 Å². The van der Waals surface area contributed by atoms with Crippen LogP contribution in [0.2, 0.25) is 0 Å². The van der Waals surface area contributed by atoms with E-state index in [0.29, 0.717) is 51.4 Å². The summed E-state index contributed by atoms with van der Waals surface area (Å²) in [6.45, 7) is 6.56. The molecule has 2 fully saturated rings. The normalized spacial score (nSPS) is 21.5. The molecule has 0 N–H and O–H groups in total. The van der Waals surface area contributed by atoms with Crippen LogP contribution in [0.3, 0.4) is 0 Å². The molecule has 0 radical (unpaired) electrons. The SMILES string of the molecule is CC(C)CN1CC(C(=O)N2CCC(Oc3ccccc3F)CC2)CC1=O. The van der Waals surface area contributed by atoms with Crippen LogP contribution in [0.5, 0.6) is 5.75 Å². The third kappa shape index (κ3) is 4.34. The van der Waals surface area contributed by atoms with E-state index in [9.17, 15) is 14.0 Å². The van der Waals surface area contributed by atoms with E-state index in [4.69, 9.17) is 4.74 Å². The molecule has 6 heteroatoms. The van der Waals surface area contributed by atoms with Crippen LogP contribution < -0.4 is 4.74 Å². The number of carbonyl (C=O) groups excluding carboxylic acids is 2. The molecule has 2 amide bonds. The number of amides is 2. The lowest BCUT2D eigenvalue weighted by atomic mass is 10.0. The van der Waals surface area contributed by atoms with Crippen molar-refractivity contribution in [3.8, 4) is 5.75 Å². The van der Waals surface area contributed by atoms with Gasteiger partial charge in [0.2, 0.25) is 11.8 Å². The maximum Gasteiger partial charge on any atom is 0.227 e. The maximum absolute atomic E-state index is 13.7. The molecular formula is C20H27FN2O3. The molecule has 1 aromatic rings. The Morgan fingerprint density at radius 1 is 1.27 bits per heavy atom. The molecule has 2 saturated heterocycles.